The van der Waals surface area contributed by atoms with Crippen molar-refractivity contribution in [2.24, 2.45) is 0 Å². The Bertz CT molecular complexity index is 717. The maximum absolute atomic E-state index is 11.9. The molecule has 138 valence electrons. The zero-order valence-corrected chi connectivity index (χ0v) is 17.0. The van der Waals surface area contributed by atoms with Gasteiger partial charge in [-0.1, -0.05) is 6.92 Å². The van der Waals surface area contributed by atoms with Gasteiger partial charge in [-0.2, -0.15) is 0 Å². The zero-order chi connectivity index (χ0) is 18.6. The molecular weight excluding hydrogens is 332 g/mol. The lowest BCUT2D eigenvalue weighted by Gasteiger charge is -2.16. The van der Waals surface area contributed by atoms with Crippen molar-refractivity contribution in [2.45, 2.75) is 60.2 Å². The fourth-order valence-electron chi connectivity index (χ4n) is 3.03. The standard InChI is InChI=1S/C19H30N4OS/c1-7-8-23-14(4)9-16(15(23)5)17-12-25-19(21-17)11-22(6)10-18(24)20-13(2)3/h9,12-13H,7-8,10-11H2,1-6H3,(H,20,24). The number of carbonyl (C=O) groups is 1. The number of hydrogen-bond acceptors (Lipinski definition) is 4. The first kappa shape index (κ1) is 19.7. The van der Waals surface area contributed by atoms with Crippen molar-refractivity contribution in [2.75, 3.05) is 13.6 Å². The van der Waals surface area contributed by atoms with Gasteiger partial charge in [0.05, 0.1) is 18.8 Å². The van der Waals surface area contributed by atoms with Gasteiger partial charge in [0, 0.05) is 34.9 Å². The Morgan fingerprint density at radius 2 is 2.12 bits per heavy atom. The van der Waals surface area contributed by atoms with Crippen LogP contribution in [0.1, 0.15) is 43.6 Å². The Kier molecular flexibility index (Phi) is 6.79. The highest BCUT2D eigenvalue weighted by molar-refractivity contribution is 7.09. The molecule has 0 unspecified atom stereocenters. The van der Waals surface area contributed by atoms with Gasteiger partial charge in [-0.05, 0) is 47.2 Å². The normalized spacial score (nSPS) is 11.5. The Morgan fingerprint density at radius 1 is 1.40 bits per heavy atom. The summed E-state index contributed by atoms with van der Waals surface area (Å²) in [5.41, 5.74) is 4.82. The molecule has 2 heterocycles. The van der Waals surface area contributed by atoms with Gasteiger partial charge in [-0.15, -0.1) is 11.3 Å². The lowest BCUT2D eigenvalue weighted by Crippen LogP contribution is -2.38. The first-order valence-electron chi connectivity index (χ1n) is 8.91. The number of carbonyl (C=O) groups excluding carboxylic acids is 1. The summed E-state index contributed by atoms with van der Waals surface area (Å²) in [4.78, 5) is 18.7. The number of aromatic nitrogens is 2. The van der Waals surface area contributed by atoms with Crippen LogP contribution in [0.3, 0.4) is 0 Å². The van der Waals surface area contributed by atoms with E-state index in [4.69, 9.17) is 4.98 Å². The molecule has 0 spiro atoms. The molecule has 0 radical (unpaired) electrons. The van der Waals surface area contributed by atoms with Crippen molar-refractivity contribution in [1.82, 2.24) is 19.8 Å². The average molecular weight is 363 g/mol. The summed E-state index contributed by atoms with van der Waals surface area (Å²) in [5, 5.41) is 6.08. The molecule has 0 aliphatic carbocycles. The van der Waals surface area contributed by atoms with Crippen molar-refractivity contribution < 1.29 is 4.79 Å². The van der Waals surface area contributed by atoms with E-state index in [0.29, 0.717) is 13.1 Å². The highest BCUT2D eigenvalue weighted by Crippen LogP contribution is 2.28. The number of rotatable bonds is 8. The second-order valence-electron chi connectivity index (χ2n) is 6.96. The fraction of sp³-hybridized carbons (Fsp3) is 0.579. The van der Waals surface area contributed by atoms with Gasteiger partial charge in [-0.25, -0.2) is 4.98 Å². The van der Waals surface area contributed by atoms with Gasteiger partial charge in [-0.3, -0.25) is 9.69 Å². The van der Waals surface area contributed by atoms with Gasteiger partial charge < -0.3 is 9.88 Å². The van der Waals surface area contributed by atoms with Crippen LogP contribution < -0.4 is 5.32 Å². The molecule has 2 rings (SSSR count). The number of nitrogens with one attached hydrogen (secondary N) is 1. The molecule has 0 saturated heterocycles. The molecule has 0 aromatic carbocycles. The van der Waals surface area contributed by atoms with Crippen LogP contribution in [0.5, 0.6) is 0 Å². The summed E-state index contributed by atoms with van der Waals surface area (Å²) in [7, 11) is 1.95. The predicted molar refractivity (Wildman–Crippen MR) is 105 cm³/mol. The lowest BCUT2D eigenvalue weighted by molar-refractivity contribution is -0.122. The summed E-state index contributed by atoms with van der Waals surface area (Å²) in [6.45, 7) is 12.6. The van der Waals surface area contributed by atoms with Crippen molar-refractivity contribution in [1.29, 1.82) is 0 Å². The summed E-state index contributed by atoms with van der Waals surface area (Å²) in [6, 6.07) is 2.40. The maximum Gasteiger partial charge on any atom is 0.234 e. The number of hydrogen-bond donors (Lipinski definition) is 1. The van der Waals surface area contributed by atoms with Gasteiger partial charge >= 0.3 is 0 Å². The number of likely N-dealkylation sites (N-methyl/N-ethyl adjacent to an activating group) is 1. The molecule has 0 saturated carbocycles. The molecule has 1 amide bonds. The molecule has 0 fully saturated rings. The molecule has 0 atom stereocenters. The molecule has 0 aliphatic rings. The van der Waals surface area contributed by atoms with Crippen LogP contribution in [0, 0.1) is 13.8 Å². The molecule has 2 aromatic heterocycles. The molecule has 1 N–H and O–H groups in total. The third kappa shape index (κ3) is 5.16. The predicted octanol–water partition coefficient (Wildman–Crippen LogP) is 3.59. The molecular formula is C19H30N4OS. The molecule has 0 bridgehead atoms. The Morgan fingerprint density at radius 3 is 2.76 bits per heavy atom. The van der Waals surface area contributed by atoms with E-state index in [9.17, 15) is 4.79 Å². The number of nitrogens with zero attached hydrogens (tertiary/aromatic N) is 3. The summed E-state index contributed by atoms with van der Waals surface area (Å²) >= 11 is 1.66. The summed E-state index contributed by atoms with van der Waals surface area (Å²) < 4.78 is 2.36. The molecule has 5 nitrogen and oxygen atoms in total. The van der Waals surface area contributed by atoms with E-state index in [-0.39, 0.29) is 11.9 Å². The van der Waals surface area contributed by atoms with E-state index in [1.165, 1.54) is 17.0 Å². The highest BCUT2D eigenvalue weighted by atomic mass is 32.1. The highest BCUT2D eigenvalue weighted by Gasteiger charge is 2.15. The van der Waals surface area contributed by atoms with Crippen LogP contribution in [0.2, 0.25) is 0 Å². The van der Waals surface area contributed by atoms with Gasteiger partial charge in [0.25, 0.3) is 0 Å². The van der Waals surface area contributed by atoms with Crippen molar-refractivity contribution >= 4 is 17.2 Å². The SMILES string of the molecule is CCCn1c(C)cc(-c2csc(CN(C)CC(=O)NC(C)C)n2)c1C. The monoisotopic (exact) mass is 362 g/mol. The maximum atomic E-state index is 11.9. The van der Waals surface area contributed by atoms with Crippen LogP contribution in [-0.2, 0) is 17.9 Å². The number of thiazole rings is 1. The second kappa shape index (κ2) is 8.63. The van der Waals surface area contributed by atoms with Crippen LogP contribution in [0.15, 0.2) is 11.4 Å². The number of aryl methyl sites for hydroxylation is 1. The Labute approximate surface area is 155 Å². The van der Waals surface area contributed by atoms with Crippen molar-refractivity contribution in [3.63, 3.8) is 0 Å². The minimum atomic E-state index is 0.0531. The first-order chi connectivity index (χ1) is 11.8. The van der Waals surface area contributed by atoms with E-state index in [1.807, 2.05) is 25.8 Å². The van der Waals surface area contributed by atoms with E-state index < -0.39 is 0 Å². The summed E-state index contributed by atoms with van der Waals surface area (Å²) in [6.07, 6.45) is 1.13. The second-order valence-corrected chi connectivity index (χ2v) is 7.90. The van der Waals surface area contributed by atoms with E-state index in [2.05, 4.69) is 42.1 Å². The van der Waals surface area contributed by atoms with Crippen molar-refractivity contribution in [3.05, 3.63) is 27.8 Å². The topological polar surface area (TPSA) is 50.2 Å². The third-order valence-corrected chi connectivity index (χ3v) is 4.95. The van der Waals surface area contributed by atoms with Crippen LogP contribution >= 0.6 is 11.3 Å². The van der Waals surface area contributed by atoms with E-state index in [1.54, 1.807) is 11.3 Å². The lowest BCUT2D eigenvalue weighted by atomic mass is 10.2. The van der Waals surface area contributed by atoms with Crippen molar-refractivity contribution in [3.8, 4) is 11.3 Å². The molecule has 6 heteroatoms. The Hall–Kier alpha value is -1.66. The van der Waals surface area contributed by atoms with Gasteiger partial charge in [0.15, 0.2) is 0 Å². The minimum absolute atomic E-state index is 0.0531. The van der Waals surface area contributed by atoms with Gasteiger partial charge in [0.2, 0.25) is 5.91 Å². The van der Waals surface area contributed by atoms with Crippen LogP contribution in [0.4, 0.5) is 0 Å². The average Bonchev–Trinajstić information content (AvgIpc) is 3.06. The quantitative estimate of drug-likeness (QED) is 0.781. The summed E-state index contributed by atoms with van der Waals surface area (Å²) in [5.74, 6) is 0.0531. The largest absolute Gasteiger partial charge is 0.353 e. The van der Waals surface area contributed by atoms with Crippen LogP contribution in [-0.4, -0.2) is 40.0 Å². The van der Waals surface area contributed by atoms with Gasteiger partial charge in [0.1, 0.15) is 5.01 Å². The van der Waals surface area contributed by atoms with E-state index in [0.717, 1.165) is 23.7 Å². The Balaban J connectivity index is 2.05. The fourth-order valence-corrected chi connectivity index (χ4v) is 3.91. The zero-order valence-electron chi connectivity index (χ0n) is 16.2. The first-order valence-corrected chi connectivity index (χ1v) is 9.79. The number of amides is 1. The molecule has 2 aromatic rings. The minimum Gasteiger partial charge on any atom is -0.353 e. The molecule has 0 aliphatic heterocycles. The third-order valence-electron chi connectivity index (χ3n) is 4.12. The van der Waals surface area contributed by atoms with Crippen LogP contribution in [0.25, 0.3) is 11.3 Å². The smallest absolute Gasteiger partial charge is 0.234 e. The molecule has 25 heavy (non-hydrogen) atoms. The van der Waals surface area contributed by atoms with E-state index >= 15 is 0 Å².